The fraction of sp³-hybridized carbons (Fsp3) is 0.500. The van der Waals surface area contributed by atoms with Gasteiger partial charge in [-0.1, -0.05) is 0 Å². The quantitative estimate of drug-likeness (QED) is 0.741. The van der Waals surface area contributed by atoms with Gasteiger partial charge in [0, 0.05) is 30.4 Å². The predicted octanol–water partition coefficient (Wildman–Crippen LogP) is -1.00. The molecule has 1 saturated heterocycles. The summed E-state index contributed by atoms with van der Waals surface area (Å²) in [4.78, 5) is 27.3. The van der Waals surface area contributed by atoms with E-state index in [4.69, 9.17) is 5.11 Å². The van der Waals surface area contributed by atoms with Crippen LogP contribution in [-0.2, 0) is 9.84 Å². The van der Waals surface area contributed by atoms with Gasteiger partial charge in [0.2, 0.25) is 5.56 Å². The molecule has 1 amide bonds. The second kappa shape index (κ2) is 5.76. The first kappa shape index (κ1) is 14.7. The average Bonchev–Trinajstić information content (AvgIpc) is 2.75. The normalized spacial score (nSPS) is 20.8. The Balaban J connectivity index is 2.25. The van der Waals surface area contributed by atoms with Gasteiger partial charge in [-0.25, -0.2) is 8.42 Å². The molecule has 1 unspecified atom stereocenters. The highest BCUT2D eigenvalue weighted by molar-refractivity contribution is 7.91. The van der Waals surface area contributed by atoms with E-state index in [-0.39, 0.29) is 30.2 Å². The average molecular weight is 300 g/mol. The monoisotopic (exact) mass is 300 g/mol. The van der Waals surface area contributed by atoms with Crippen molar-refractivity contribution in [2.75, 3.05) is 24.7 Å². The number of pyridine rings is 1. The van der Waals surface area contributed by atoms with Crippen molar-refractivity contribution >= 4 is 15.7 Å². The van der Waals surface area contributed by atoms with Gasteiger partial charge in [-0.2, -0.15) is 0 Å². The van der Waals surface area contributed by atoms with Crippen LogP contribution >= 0.6 is 0 Å². The number of carbonyl (C=O) groups excluding carboxylic acids is 1. The number of aliphatic hydroxyl groups is 1. The lowest BCUT2D eigenvalue weighted by atomic mass is 10.1. The third-order valence-corrected chi connectivity index (χ3v) is 5.02. The van der Waals surface area contributed by atoms with Crippen LogP contribution in [0, 0.1) is 0 Å². The van der Waals surface area contributed by atoms with Crippen molar-refractivity contribution in [3.05, 3.63) is 34.2 Å². The minimum absolute atomic E-state index is 0.0439. The van der Waals surface area contributed by atoms with Crippen LogP contribution in [0.4, 0.5) is 0 Å². The van der Waals surface area contributed by atoms with Crippen LogP contribution in [0.1, 0.15) is 16.8 Å². The molecule has 110 valence electrons. The Hall–Kier alpha value is -1.67. The first-order valence-electron chi connectivity index (χ1n) is 6.24. The fourth-order valence-corrected chi connectivity index (χ4v) is 4.05. The van der Waals surface area contributed by atoms with E-state index in [9.17, 15) is 18.0 Å². The van der Waals surface area contributed by atoms with Crippen LogP contribution in [0.3, 0.4) is 0 Å². The Bertz CT molecular complexity index is 652. The van der Waals surface area contributed by atoms with Crippen molar-refractivity contribution in [2.24, 2.45) is 0 Å². The van der Waals surface area contributed by atoms with E-state index in [0.29, 0.717) is 6.42 Å². The molecular formula is C12H16N2O5S. The second-order valence-corrected chi connectivity index (χ2v) is 6.95. The molecule has 0 aliphatic carbocycles. The van der Waals surface area contributed by atoms with E-state index < -0.39 is 27.3 Å². The van der Waals surface area contributed by atoms with E-state index in [0.717, 1.165) is 6.07 Å². The van der Waals surface area contributed by atoms with Gasteiger partial charge in [-0.05, 0) is 12.5 Å². The van der Waals surface area contributed by atoms with E-state index in [1.165, 1.54) is 17.2 Å². The highest BCUT2D eigenvalue weighted by Gasteiger charge is 2.34. The molecule has 2 rings (SSSR count). The Morgan fingerprint density at radius 2 is 2.25 bits per heavy atom. The summed E-state index contributed by atoms with van der Waals surface area (Å²) >= 11 is 0. The van der Waals surface area contributed by atoms with Crippen LogP contribution in [0.2, 0.25) is 0 Å². The van der Waals surface area contributed by atoms with Gasteiger partial charge in [-0.15, -0.1) is 0 Å². The van der Waals surface area contributed by atoms with E-state index in [1.54, 1.807) is 0 Å². The van der Waals surface area contributed by atoms with Crippen molar-refractivity contribution in [1.82, 2.24) is 9.88 Å². The molecule has 2 N–H and O–H groups in total. The lowest BCUT2D eigenvalue weighted by Gasteiger charge is -2.27. The Morgan fingerprint density at radius 3 is 2.80 bits per heavy atom. The molecule has 20 heavy (non-hydrogen) atoms. The SMILES string of the molecule is O=C(c1cc[nH]c(=O)c1)N(CCO)C1CCS(=O)(=O)C1. The molecule has 8 heteroatoms. The summed E-state index contributed by atoms with van der Waals surface area (Å²) in [6.07, 6.45) is 1.72. The maximum absolute atomic E-state index is 12.4. The molecular weight excluding hydrogens is 284 g/mol. The number of rotatable bonds is 4. The van der Waals surface area contributed by atoms with Crippen LogP contribution in [0.5, 0.6) is 0 Å². The summed E-state index contributed by atoms with van der Waals surface area (Å²) in [6, 6.07) is 2.17. The zero-order valence-corrected chi connectivity index (χ0v) is 11.6. The molecule has 0 saturated carbocycles. The van der Waals surface area contributed by atoms with Crippen LogP contribution in [0.25, 0.3) is 0 Å². The number of nitrogens with zero attached hydrogens (tertiary/aromatic N) is 1. The minimum atomic E-state index is -3.13. The first-order chi connectivity index (χ1) is 9.43. The molecule has 1 aromatic heterocycles. The lowest BCUT2D eigenvalue weighted by molar-refractivity contribution is 0.0655. The van der Waals surface area contributed by atoms with Gasteiger partial charge in [0.1, 0.15) is 0 Å². The number of aromatic nitrogens is 1. The van der Waals surface area contributed by atoms with E-state index in [2.05, 4.69) is 4.98 Å². The third kappa shape index (κ3) is 3.26. The van der Waals surface area contributed by atoms with Gasteiger partial charge >= 0.3 is 0 Å². The molecule has 0 radical (unpaired) electrons. The van der Waals surface area contributed by atoms with Crippen molar-refractivity contribution < 1.29 is 18.3 Å². The zero-order chi connectivity index (χ0) is 14.8. The molecule has 2 heterocycles. The number of nitrogens with one attached hydrogen (secondary N) is 1. The standard InChI is InChI=1S/C12H16N2O5S/c15-5-4-14(10-2-6-20(18,19)8-10)12(17)9-1-3-13-11(16)7-9/h1,3,7,10,15H,2,4-6,8H2,(H,13,16). The number of aliphatic hydroxyl groups excluding tert-OH is 1. The molecule has 1 aliphatic rings. The molecule has 0 aromatic carbocycles. The lowest BCUT2D eigenvalue weighted by Crippen LogP contribution is -2.43. The van der Waals surface area contributed by atoms with Crippen molar-refractivity contribution in [2.45, 2.75) is 12.5 Å². The second-order valence-electron chi connectivity index (χ2n) is 4.72. The molecule has 1 aliphatic heterocycles. The number of H-pyrrole nitrogens is 1. The maximum Gasteiger partial charge on any atom is 0.254 e. The van der Waals surface area contributed by atoms with Gasteiger partial charge < -0.3 is 15.0 Å². The number of aromatic amines is 1. The molecule has 0 spiro atoms. The molecule has 1 atom stereocenters. The third-order valence-electron chi connectivity index (χ3n) is 3.27. The summed E-state index contributed by atoms with van der Waals surface area (Å²) < 4.78 is 23.0. The highest BCUT2D eigenvalue weighted by Crippen LogP contribution is 2.19. The van der Waals surface area contributed by atoms with Crippen molar-refractivity contribution in [3.8, 4) is 0 Å². The summed E-state index contributed by atoms with van der Waals surface area (Å²) in [5.74, 6) is -0.489. The molecule has 1 fully saturated rings. The number of hydrogen-bond donors (Lipinski definition) is 2. The number of sulfone groups is 1. The molecule has 0 bridgehead atoms. The first-order valence-corrected chi connectivity index (χ1v) is 8.06. The number of amides is 1. The van der Waals surface area contributed by atoms with Gasteiger partial charge in [0.15, 0.2) is 9.84 Å². The zero-order valence-electron chi connectivity index (χ0n) is 10.8. The van der Waals surface area contributed by atoms with Crippen molar-refractivity contribution in [1.29, 1.82) is 0 Å². The minimum Gasteiger partial charge on any atom is -0.395 e. The fourth-order valence-electron chi connectivity index (χ4n) is 2.32. The summed E-state index contributed by atoms with van der Waals surface area (Å²) in [7, 11) is -3.13. The van der Waals surface area contributed by atoms with Gasteiger partial charge in [0.25, 0.3) is 5.91 Å². The summed E-state index contributed by atoms with van der Waals surface area (Å²) in [5.41, 5.74) is -0.217. The number of carbonyl (C=O) groups is 1. The Labute approximate surface area is 116 Å². The molecule has 1 aromatic rings. The smallest absolute Gasteiger partial charge is 0.254 e. The van der Waals surface area contributed by atoms with Crippen LogP contribution in [0.15, 0.2) is 23.1 Å². The Morgan fingerprint density at radius 1 is 1.50 bits per heavy atom. The van der Waals surface area contributed by atoms with Crippen LogP contribution < -0.4 is 5.56 Å². The maximum atomic E-state index is 12.4. The summed E-state index contributed by atoms with van der Waals surface area (Å²) in [6.45, 7) is -0.211. The van der Waals surface area contributed by atoms with Crippen molar-refractivity contribution in [3.63, 3.8) is 0 Å². The highest BCUT2D eigenvalue weighted by atomic mass is 32.2. The van der Waals surface area contributed by atoms with E-state index >= 15 is 0 Å². The van der Waals surface area contributed by atoms with Gasteiger partial charge in [0.05, 0.1) is 18.1 Å². The largest absolute Gasteiger partial charge is 0.395 e. The Kier molecular flexibility index (Phi) is 4.24. The van der Waals surface area contributed by atoms with E-state index in [1.807, 2.05) is 0 Å². The predicted molar refractivity (Wildman–Crippen MR) is 72.2 cm³/mol. The topological polar surface area (TPSA) is 108 Å². The van der Waals surface area contributed by atoms with Gasteiger partial charge in [-0.3, -0.25) is 9.59 Å². The summed E-state index contributed by atoms with van der Waals surface area (Å²) in [5, 5.41) is 9.07. The molecule has 7 nitrogen and oxygen atoms in total. The van der Waals surface area contributed by atoms with Crippen LogP contribution in [-0.4, -0.2) is 60.0 Å². The number of hydrogen-bond acceptors (Lipinski definition) is 5.